The summed E-state index contributed by atoms with van der Waals surface area (Å²) in [6, 6.07) is 2.10. The number of carbonyl (C=O) groups is 1. The lowest BCUT2D eigenvalue weighted by molar-refractivity contribution is -0.136. The number of aryl methyl sites for hydroxylation is 2. The first-order valence-electron chi connectivity index (χ1n) is 6.60. The molecule has 0 saturated carbocycles. The van der Waals surface area contributed by atoms with Crippen LogP contribution in [0.3, 0.4) is 0 Å². The van der Waals surface area contributed by atoms with Crippen LogP contribution in [0.5, 0.6) is 0 Å². The lowest BCUT2D eigenvalue weighted by atomic mass is 10.1. The van der Waals surface area contributed by atoms with Gasteiger partial charge >= 0.3 is 5.97 Å². The van der Waals surface area contributed by atoms with Gasteiger partial charge in [0, 0.05) is 11.9 Å². The van der Waals surface area contributed by atoms with Gasteiger partial charge in [0.15, 0.2) is 0 Å². The number of unbranched alkanes of at least 4 members (excludes halogenated alkanes) is 4. The second kappa shape index (κ2) is 7.93. The highest BCUT2D eigenvalue weighted by atomic mass is 16.4. The molecule has 0 aromatic carbocycles. The molecule has 0 aliphatic rings. The van der Waals surface area contributed by atoms with Gasteiger partial charge in [0.25, 0.3) is 0 Å². The van der Waals surface area contributed by atoms with E-state index in [0.29, 0.717) is 6.42 Å². The number of aromatic nitrogens is 1. The summed E-state index contributed by atoms with van der Waals surface area (Å²) in [7, 11) is 0. The lowest BCUT2D eigenvalue weighted by Crippen LogP contribution is -1.97. The van der Waals surface area contributed by atoms with Crippen LogP contribution in [0.1, 0.15) is 56.7 Å². The van der Waals surface area contributed by atoms with Crippen LogP contribution in [0, 0.1) is 0 Å². The summed E-state index contributed by atoms with van der Waals surface area (Å²) >= 11 is 0. The maximum Gasteiger partial charge on any atom is 0.303 e. The van der Waals surface area contributed by atoms with Crippen molar-refractivity contribution in [1.82, 2.24) is 4.98 Å². The van der Waals surface area contributed by atoms with E-state index in [0.717, 1.165) is 12.1 Å². The van der Waals surface area contributed by atoms with Crippen molar-refractivity contribution in [3.8, 4) is 0 Å². The van der Waals surface area contributed by atoms with Crippen LogP contribution < -0.4 is 0 Å². The molecule has 96 valence electrons. The third-order valence-electron chi connectivity index (χ3n) is 2.98. The van der Waals surface area contributed by atoms with Gasteiger partial charge in [-0.1, -0.05) is 32.6 Å². The minimum Gasteiger partial charge on any atom is -0.481 e. The number of H-pyrrole nitrogens is 1. The Bertz CT molecular complexity index is 331. The second-order valence-electron chi connectivity index (χ2n) is 4.59. The van der Waals surface area contributed by atoms with Crippen LogP contribution in [0.4, 0.5) is 0 Å². The monoisotopic (exact) mass is 237 g/mol. The third-order valence-corrected chi connectivity index (χ3v) is 2.98. The average Bonchev–Trinajstić information content (AvgIpc) is 2.74. The Morgan fingerprint density at radius 1 is 1.24 bits per heavy atom. The predicted molar refractivity (Wildman–Crippen MR) is 69.2 cm³/mol. The van der Waals surface area contributed by atoms with E-state index in [1.165, 1.54) is 37.7 Å². The average molecular weight is 237 g/mol. The molecule has 0 saturated heterocycles. The van der Waals surface area contributed by atoms with Gasteiger partial charge in [-0.05, 0) is 30.9 Å². The van der Waals surface area contributed by atoms with Crippen molar-refractivity contribution in [3.63, 3.8) is 0 Å². The smallest absolute Gasteiger partial charge is 0.303 e. The molecular formula is C14H23NO2. The molecule has 0 amide bonds. The summed E-state index contributed by atoms with van der Waals surface area (Å²) < 4.78 is 0. The molecule has 0 aliphatic heterocycles. The summed E-state index contributed by atoms with van der Waals surface area (Å²) in [4.78, 5) is 13.6. The van der Waals surface area contributed by atoms with E-state index in [1.807, 2.05) is 6.20 Å². The fraction of sp³-hybridized carbons (Fsp3) is 0.643. The van der Waals surface area contributed by atoms with Crippen LogP contribution in [0.15, 0.2) is 12.3 Å². The Kier molecular flexibility index (Phi) is 6.45. The first-order chi connectivity index (χ1) is 8.22. The Hall–Kier alpha value is -1.25. The fourth-order valence-corrected chi connectivity index (χ4v) is 1.96. The number of hydrogen-bond acceptors (Lipinski definition) is 1. The van der Waals surface area contributed by atoms with Gasteiger partial charge in [0.2, 0.25) is 0 Å². The molecule has 17 heavy (non-hydrogen) atoms. The Balaban J connectivity index is 2.19. The molecule has 0 atom stereocenters. The van der Waals surface area contributed by atoms with E-state index in [1.54, 1.807) is 0 Å². The van der Waals surface area contributed by atoms with Gasteiger partial charge in [-0.2, -0.15) is 0 Å². The largest absolute Gasteiger partial charge is 0.481 e. The number of aromatic amines is 1. The molecule has 0 radical (unpaired) electrons. The van der Waals surface area contributed by atoms with Gasteiger partial charge in [0.1, 0.15) is 0 Å². The van der Waals surface area contributed by atoms with Gasteiger partial charge in [-0.15, -0.1) is 0 Å². The van der Waals surface area contributed by atoms with E-state index in [4.69, 9.17) is 5.11 Å². The molecule has 0 bridgehead atoms. The highest BCUT2D eigenvalue weighted by molar-refractivity contribution is 5.66. The normalized spacial score (nSPS) is 10.6. The van der Waals surface area contributed by atoms with E-state index >= 15 is 0 Å². The Labute approximate surface area is 103 Å². The van der Waals surface area contributed by atoms with Crippen molar-refractivity contribution in [3.05, 3.63) is 23.5 Å². The Morgan fingerprint density at radius 2 is 2.00 bits per heavy atom. The highest BCUT2D eigenvalue weighted by Crippen LogP contribution is 2.11. The van der Waals surface area contributed by atoms with E-state index < -0.39 is 5.97 Å². The van der Waals surface area contributed by atoms with Crippen molar-refractivity contribution in [2.24, 2.45) is 0 Å². The number of aliphatic carboxylic acids is 1. The van der Waals surface area contributed by atoms with Gasteiger partial charge in [-0.25, -0.2) is 0 Å². The summed E-state index contributed by atoms with van der Waals surface area (Å²) in [5.74, 6) is -0.735. The molecule has 1 rings (SSSR count). The molecule has 3 heteroatoms. The minimum atomic E-state index is -0.735. The Morgan fingerprint density at radius 3 is 2.71 bits per heavy atom. The number of rotatable bonds is 9. The van der Waals surface area contributed by atoms with E-state index in [-0.39, 0.29) is 6.42 Å². The predicted octanol–water partition coefficient (Wildman–Crippen LogP) is 3.54. The first-order valence-corrected chi connectivity index (χ1v) is 6.60. The maximum absolute atomic E-state index is 10.4. The van der Waals surface area contributed by atoms with Gasteiger partial charge < -0.3 is 10.1 Å². The molecule has 0 aliphatic carbocycles. The zero-order valence-corrected chi connectivity index (χ0v) is 10.7. The molecular weight excluding hydrogens is 214 g/mol. The van der Waals surface area contributed by atoms with Crippen molar-refractivity contribution in [2.45, 2.75) is 58.3 Å². The van der Waals surface area contributed by atoms with Crippen LogP contribution in [-0.4, -0.2) is 16.1 Å². The van der Waals surface area contributed by atoms with Crippen molar-refractivity contribution in [2.75, 3.05) is 0 Å². The van der Waals surface area contributed by atoms with Crippen LogP contribution >= 0.6 is 0 Å². The maximum atomic E-state index is 10.4. The molecule has 3 nitrogen and oxygen atoms in total. The lowest BCUT2D eigenvalue weighted by Gasteiger charge is -1.98. The SMILES string of the molecule is CCCCCCCc1c[nH]c(CCC(=O)O)c1. The second-order valence-corrected chi connectivity index (χ2v) is 4.59. The summed E-state index contributed by atoms with van der Waals surface area (Å²) in [6.07, 6.45) is 10.4. The number of nitrogens with one attached hydrogen (secondary N) is 1. The van der Waals surface area contributed by atoms with Crippen LogP contribution in [-0.2, 0) is 17.6 Å². The standard InChI is InChI=1S/C14H23NO2/c1-2-3-4-5-6-7-12-10-13(15-11-12)8-9-14(16)17/h10-11,15H,2-9H2,1H3,(H,16,17). The highest BCUT2D eigenvalue weighted by Gasteiger charge is 2.02. The van der Waals surface area contributed by atoms with E-state index in [9.17, 15) is 4.79 Å². The molecule has 1 aromatic heterocycles. The zero-order chi connectivity index (χ0) is 12.5. The first kappa shape index (κ1) is 13.8. The van der Waals surface area contributed by atoms with Crippen molar-refractivity contribution < 1.29 is 9.90 Å². The molecule has 0 fully saturated rings. The topological polar surface area (TPSA) is 53.1 Å². The van der Waals surface area contributed by atoms with Gasteiger partial charge in [0.05, 0.1) is 6.42 Å². The molecule has 1 aromatic rings. The summed E-state index contributed by atoms with van der Waals surface area (Å²) in [5.41, 5.74) is 2.35. The van der Waals surface area contributed by atoms with Crippen molar-refractivity contribution in [1.29, 1.82) is 0 Å². The minimum absolute atomic E-state index is 0.205. The molecule has 1 heterocycles. The third kappa shape index (κ3) is 6.15. The zero-order valence-electron chi connectivity index (χ0n) is 10.7. The molecule has 0 spiro atoms. The van der Waals surface area contributed by atoms with Gasteiger partial charge in [-0.3, -0.25) is 4.79 Å². The number of carboxylic acids is 1. The fourth-order valence-electron chi connectivity index (χ4n) is 1.96. The quantitative estimate of drug-likeness (QED) is 0.645. The van der Waals surface area contributed by atoms with Crippen LogP contribution in [0.2, 0.25) is 0 Å². The van der Waals surface area contributed by atoms with E-state index in [2.05, 4.69) is 18.0 Å². The molecule has 2 N–H and O–H groups in total. The van der Waals surface area contributed by atoms with Crippen molar-refractivity contribution >= 4 is 5.97 Å². The molecule has 0 unspecified atom stereocenters. The summed E-state index contributed by atoms with van der Waals surface area (Å²) in [5, 5.41) is 8.59. The summed E-state index contributed by atoms with van der Waals surface area (Å²) in [6.45, 7) is 2.22. The number of hydrogen-bond donors (Lipinski definition) is 2. The number of carboxylic acid groups (broad SMARTS) is 1. The van der Waals surface area contributed by atoms with Crippen LogP contribution in [0.25, 0.3) is 0 Å².